The molecule has 0 bridgehead atoms. The molecule has 7 nitrogen and oxygen atoms in total. The molecule has 1 aliphatic carbocycles. The summed E-state index contributed by atoms with van der Waals surface area (Å²) in [5.41, 5.74) is 0. The van der Waals surface area contributed by atoms with Crippen molar-refractivity contribution in [1.29, 1.82) is 0 Å². The summed E-state index contributed by atoms with van der Waals surface area (Å²) in [4.78, 5) is 10.9. The Hall–Kier alpha value is -1.76. The number of aromatic nitrogens is 5. The highest BCUT2D eigenvalue weighted by Crippen LogP contribution is 2.38. The van der Waals surface area contributed by atoms with E-state index in [4.69, 9.17) is 4.52 Å². The third-order valence-corrected chi connectivity index (χ3v) is 4.12. The molecule has 1 saturated carbocycles. The second-order valence-electron chi connectivity index (χ2n) is 5.71. The van der Waals surface area contributed by atoms with Gasteiger partial charge in [-0.05, 0) is 32.2 Å². The summed E-state index contributed by atoms with van der Waals surface area (Å²) in [6.45, 7) is 2.75. The summed E-state index contributed by atoms with van der Waals surface area (Å²) in [6.07, 6.45) is 8.15. The molecular weight excluding hydrogens is 256 g/mol. The van der Waals surface area contributed by atoms with Crippen LogP contribution >= 0.6 is 0 Å². The van der Waals surface area contributed by atoms with Crippen LogP contribution in [0, 0.1) is 0 Å². The maximum atomic E-state index is 5.32. The van der Waals surface area contributed by atoms with Crippen molar-refractivity contribution < 1.29 is 4.52 Å². The van der Waals surface area contributed by atoms with Gasteiger partial charge in [0.15, 0.2) is 5.82 Å². The Bertz CT molecular complexity index is 561. The third kappa shape index (κ3) is 2.45. The van der Waals surface area contributed by atoms with Crippen LogP contribution in [0.15, 0.2) is 17.2 Å². The van der Waals surface area contributed by atoms with Gasteiger partial charge in [-0.3, -0.25) is 9.58 Å². The van der Waals surface area contributed by atoms with Crippen molar-refractivity contribution in [2.45, 2.75) is 50.7 Å². The number of hydrogen-bond acceptors (Lipinski definition) is 6. The van der Waals surface area contributed by atoms with Crippen LogP contribution in [-0.2, 0) is 13.1 Å². The summed E-state index contributed by atoms with van der Waals surface area (Å²) in [7, 11) is 0. The molecule has 0 amide bonds. The fourth-order valence-corrected chi connectivity index (χ4v) is 2.86. The predicted octanol–water partition coefficient (Wildman–Crippen LogP) is 1.20. The van der Waals surface area contributed by atoms with Gasteiger partial charge in [-0.25, -0.2) is 4.98 Å². The molecule has 0 N–H and O–H groups in total. The molecule has 0 radical (unpaired) electrons. The predicted molar refractivity (Wildman–Crippen MR) is 69.7 cm³/mol. The van der Waals surface area contributed by atoms with E-state index < -0.39 is 0 Å². The van der Waals surface area contributed by atoms with Gasteiger partial charge in [-0.2, -0.15) is 10.1 Å². The number of rotatable bonds is 5. The molecule has 0 spiro atoms. The summed E-state index contributed by atoms with van der Waals surface area (Å²) < 4.78 is 7.22. The Morgan fingerprint density at radius 2 is 2.25 bits per heavy atom. The Kier molecular flexibility index (Phi) is 2.99. The van der Waals surface area contributed by atoms with Crippen molar-refractivity contribution in [3.63, 3.8) is 0 Å². The Morgan fingerprint density at radius 3 is 3.05 bits per heavy atom. The lowest BCUT2D eigenvalue weighted by atomic mass is 10.2. The van der Waals surface area contributed by atoms with Crippen molar-refractivity contribution in [2.24, 2.45) is 0 Å². The average molecular weight is 274 g/mol. The first-order valence-corrected chi connectivity index (χ1v) is 7.27. The minimum absolute atomic E-state index is 0.486. The van der Waals surface area contributed by atoms with E-state index in [-0.39, 0.29) is 0 Å². The standard InChI is InChI=1S/C13H18N6O/c1-2-11(6-19-9-14-8-15-19)18(5-1)7-12-16-13(20-17-12)10-3-4-10/h8-11H,1-7H2/t11-/m1/s1. The minimum atomic E-state index is 0.486. The van der Waals surface area contributed by atoms with E-state index in [2.05, 4.69) is 25.1 Å². The molecule has 2 aromatic rings. The Labute approximate surface area is 117 Å². The molecule has 4 rings (SSSR count). The third-order valence-electron chi connectivity index (χ3n) is 4.12. The molecule has 0 unspecified atom stereocenters. The van der Waals surface area contributed by atoms with E-state index in [1.807, 2.05) is 4.68 Å². The first-order valence-electron chi connectivity index (χ1n) is 7.27. The quantitative estimate of drug-likeness (QED) is 0.815. The van der Waals surface area contributed by atoms with Gasteiger partial charge in [0.1, 0.15) is 12.7 Å². The van der Waals surface area contributed by atoms with Crippen molar-refractivity contribution in [2.75, 3.05) is 6.54 Å². The van der Waals surface area contributed by atoms with Crippen LogP contribution in [-0.4, -0.2) is 42.4 Å². The molecule has 106 valence electrons. The van der Waals surface area contributed by atoms with Crippen LogP contribution in [0.3, 0.4) is 0 Å². The first-order chi connectivity index (χ1) is 9.88. The maximum absolute atomic E-state index is 5.32. The summed E-state index contributed by atoms with van der Waals surface area (Å²) >= 11 is 0. The molecule has 2 aliphatic rings. The van der Waals surface area contributed by atoms with Crippen molar-refractivity contribution in [3.05, 3.63) is 24.4 Å². The van der Waals surface area contributed by atoms with E-state index in [1.165, 1.54) is 25.7 Å². The molecule has 1 saturated heterocycles. The van der Waals surface area contributed by atoms with Gasteiger partial charge < -0.3 is 4.52 Å². The van der Waals surface area contributed by atoms with Crippen molar-refractivity contribution in [1.82, 2.24) is 29.8 Å². The SMILES string of the molecule is c1ncn(C[C@H]2CCCN2Cc2noc(C3CC3)n2)n1. The Morgan fingerprint density at radius 1 is 1.30 bits per heavy atom. The molecular formula is C13H18N6O. The summed E-state index contributed by atoms with van der Waals surface area (Å²) in [6, 6.07) is 0.486. The fourth-order valence-electron chi connectivity index (χ4n) is 2.86. The summed E-state index contributed by atoms with van der Waals surface area (Å²) in [5, 5.41) is 8.30. The zero-order chi connectivity index (χ0) is 13.4. The molecule has 7 heteroatoms. The number of nitrogens with zero attached hydrogens (tertiary/aromatic N) is 6. The lowest BCUT2D eigenvalue weighted by Gasteiger charge is -2.22. The zero-order valence-electron chi connectivity index (χ0n) is 11.4. The van der Waals surface area contributed by atoms with Crippen LogP contribution in [0.5, 0.6) is 0 Å². The van der Waals surface area contributed by atoms with E-state index in [0.29, 0.717) is 12.0 Å². The van der Waals surface area contributed by atoms with Crippen LogP contribution in [0.25, 0.3) is 0 Å². The second-order valence-corrected chi connectivity index (χ2v) is 5.71. The minimum Gasteiger partial charge on any atom is -0.339 e. The molecule has 0 aromatic carbocycles. The topological polar surface area (TPSA) is 72.9 Å². The highest BCUT2D eigenvalue weighted by molar-refractivity contribution is 5.02. The van der Waals surface area contributed by atoms with Gasteiger partial charge in [0.05, 0.1) is 13.1 Å². The zero-order valence-corrected chi connectivity index (χ0v) is 11.4. The van der Waals surface area contributed by atoms with Gasteiger partial charge in [-0.1, -0.05) is 5.16 Å². The second kappa shape index (κ2) is 4.97. The van der Waals surface area contributed by atoms with Crippen LogP contribution in [0.4, 0.5) is 0 Å². The van der Waals surface area contributed by atoms with Crippen LogP contribution in [0.1, 0.15) is 43.3 Å². The highest BCUT2D eigenvalue weighted by Gasteiger charge is 2.31. The molecule has 1 atom stereocenters. The van der Waals surface area contributed by atoms with E-state index in [9.17, 15) is 0 Å². The monoisotopic (exact) mass is 274 g/mol. The van der Waals surface area contributed by atoms with Gasteiger partial charge in [0.25, 0.3) is 0 Å². The van der Waals surface area contributed by atoms with Gasteiger partial charge in [0, 0.05) is 12.0 Å². The Balaban J connectivity index is 1.40. The first kappa shape index (κ1) is 12.0. The number of hydrogen-bond donors (Lipinski definition) is 0. The summed E-state index contributed by atoms with van der Waals surface area (Å²) in [5.74, 6) is 2.17. The van der Waals surface area contributed by atoms with Gasteiger partial charge in [-0.15, -0.1) is 0 Å². The lowest BCUT2D eigenvalue weighted by Crippen LogP contribution is -2.33. The van der Waals surface area contributed by atoms with Gasteiger partial charge >= 0.3 is 0 Å². The van der Waals surface area contributed by atoms with Crippen molar-refractivity contribution >= 4 is 0 Å². The smallest absolute Gasteiger partial charge is 0.229 e. The fraction of sp³-hybridized carbons (Fsp3) is 0.692. The van der Waals surface area contributed by atoms with Crippen LogP contribution < -0.4 is 0 Å². The van der Waals surface area contributed by atoms with E-state index in [1.54, 1.807) is 12.7 Å². The lowest BCUT2D eigenvalue weighted by molar-refractivity contribution is 0.211. The molecule has 3 heterocycles. The normalized spacial score (nSPS) is 23.5. The van der Waals surface area contributed by atoms with Crippen LogP contribution in [0.2, 0.25) is 0 Å². The average Bonchev–Trinajstić information content (AvgIpc) is 2.88. The van der Waals surface area contributed by atoms with Gasteiger partial charge in [0.2, 0.25) is 5.89 Å². The maximum Gasteiger partial charge on any atom is 0.229 e. The number of likely N-dealkylation sites (tertiary alicyclic amines) is 1. The van der Waals surface area contributed by atoms with E-state index >= 15 is 0 Å². The molecule has 2 aromatic heterocycles. The largest absolute Gasteiger partial charge is 0.339 e. The van der Waals surface area contributed by atoms with E-state index in [0.717, 1.165) is 31.3 Å². The van der Waals surface area contributed by atoms with Crippen molar-refractivity contribution in [3.8, 4) is 0 Å². The highest BCUT2D eigenvalue weighted by atomic mass is 16.5. The molecule has 2 fully saturated rings. The molecule has 1 aliphatic heterocycles. The molecule has 20 heavy (non-hydrogen) atoms.